The monoisotopic (exact) mass is 483 g/mol. The molecular formula is C27H25N5O4. The summed E-state index contributed by atoms with van der Waals surface area (Å²) in [4.78, 5) is 25.4. The molecule has 36 heavy (non-hydrogen) atoms. The van der Waals surface area contributed by atoms with Crippen LogP contribution in [-0.2, 0) is 17.9 Å². The fraction of sp³-hybridized carbons (Fsp3) is 0.222. The van der Waals surface area contributed by atoms with Crippen LogP contribution in [0.5, 0.6) is 0 Å². The number of fused-ring (bicyclic) bond motifs is 2. The van der Waals surface area contributed by atoms with E-state index in [2.05, 4.69) is 20.6 Å². The molecule has 2 amide bonds. The summed E-state index contributed by atoms with van der Waals surface area (Å²) in [6.07, 6.45) is 7.21. The molecule has 182 valence electrons. The van der Waals surface area contributed by atoms with Crippen molar-refractivity contribution in [2.24, 2.45) is 16.1 Å². The summed E-state index contributed by atoms with van der Waals surface area (Å²) in [5, 5.41) is 36.2. The molecule has 0 bridgehead atoms. The molecule has 0 spiro atoms. The first-order valence-electron chi connectivity index (χ1n) is 11.5. The Bertz CT molecular complexity index is 1500. The highest BCUT2D eigenvalue weighted by molar-refractivity contribution is 6.11. The predicted octanol–water partition coefficient (Wildman–Crippen LogP) is 4.00. The van der Waals surface area contributed by atoms with E-state index in [0.29, 0.717) is 33.5 Å². The molecular weight excluding hydrogens is 458 g/mol. The zero-order valence-corrected chi connectivity index (χ0v) is 19.8. The van der Waals surface area contributed by atoms with E-state index < -0.39 is 17.4 Å². The highest BCUT2D eigenvalue weighted by Gasteiger charge is 2.29. The number of para-hydroxylation sites is 1. The average Bonchev–Trinajstić information content (AvgIpc) is 3.22. The van der Waals surface area contributed by atoms with Gasteiger partial charge in [0.2, 0.25) is 0 Å². The number of amides is 2. The molecule has 5 rings (SSSR count). The summed E-state index contributed by atoms with van der Waals surface area (Å²) in [5.74, 6) is -1.25. The first-order valence-corrected chi connectivity index (χ1v) is 11.5. The number of hydrogen-bond acceptors (Lipinski definition) is 6. The molecule has 0 fully saturated rings. The first-order chi connectivity index (χ1) is 17.2. The third kappa shape index (κ3) is 4.41. The lowest BCUT2D eigenvalue weighted by atomic mass is 9.88. The fourth-order valence-electron chi connectivity index (χ4n) is 4.42. The lowest BCUT2D eigenvalue weighted by molar-refractivity contribution is -0.119. The minimum Gasteiger partial charge on any atom is -0.392 e. The Morgan fingerprint density at radius 1 is 1.14 bits per heavy atom. The molecule has 1 atom stereocenters. The molecule has 1 aliphatic heterocycles. The van der Waals surface area contributed by atoms with Gasteiger partial charge in [-0.3, -0.25) is 14.3 Å². The van der Waals surface area contributed by atoms with Crippen LogP contribution >= 0.6 is 0 Å². The standard InChI is InChI=1S/C27H25N5O4/c1-27(2,36)15-32-22-10-6-5-9-21(22)24(31-32)26(35)28-17-11-12-18(16(13-17)14-33)23-19-7-3-4-8-20(19)25(34)30-29-23/h3-13,20,33,36H,14-15H2,1-2H3,(H,28,35). The molecule has 9 nitrogen and oxygen atoms in total. The maximum absolute atomic E-state index is 13.2. The van der Waals surface area contributed by atoms with Crippen LogP contribution in [0.3, 0.4) is 0 Å². The number of anilines is 1. The summed E-state index contributed by atoms with van der Waals surface area (Å²) >= 11 is 0. The summed E-state index contributed by atoms with van der Waals surface area (Å²) in [5.41, 5.74) is 2.83. The lowest BCUT2D eigenvalue weighted by Crippen LogP contribution is -2.27. The Hall–Kier alpha value is -4.21. The van der Waals surface area contributed by atoms with Crippen LogP contribution in [-0.4, -0.2) is 37.4 Å². The summed E-state index contributed by atoms with van der Waals surface area (Å²) in [6.45, 7) is 3.29. The Labute approximate surface area is 207 Å². The van der Waals surface area contributed by atoms with Gasteiger partial charge in [-0.25, -0.2) is 0 Å². The van der Waals surface area contributed by atoms with Crippen molar-refractivity contribution in [1.82, 2.24) is 9.78 Å². The van der Waals surface area contributed by atoms with Crippen molar-refractivity contribution < 1.29 is 19.8 Å². The highest BCUT2D eigenvalue weighted by Crippen LogP contribution is 2.36. The van der Waals surface area contributed by atoms with Crippen molar-refractivity contribution in [2.45, 2.75) is 32.6 Å². The second-order valence-electron chi connectivity index (χ2n) is 9.38. The Morgan fingerprint density at radius 3 is 2.72 bits per heavy atom. The number of nitrogens with one attached hydrogen (secondary N) is 1. The number of nitrogens with zero attached hydrogens (tertiary/aromatic N) is 4. The molecule has 0 saturated carbocycles. The predicted molar refractivity (Wildman–Crippen MR) is 135 cm³/mol. The molecule has 2 aromatic carbocycles. The zero-order valence-electron chi connectivity index (χ0n) is 19.8. The summed E-state index contributed by atoms with van der Waals surface area (Å²) in [7, 11) is 0. The van der Waals surface area contributed by atoms with Crippen LogP contribution in [0.4, 0.5) is 5.69 Å². The molecule has 1 unspecified atom stereocenters. The molecule has 0 radical (unpaired) electrons. The number of carbonyl (C=O) groups excluding carboxylic acids is 2. The number of benzene rings is 2. The van der Waals surface area contributed by atoms with Crippen molar-refractivity contribution in [1.29, 1.82) is 0 Å². The first kappa shape index (κ1) is 23.5. The quantitative estimate of drug-likeness (QED) is 0.488. The maximum Gasteiger partial charge on any atom is 0.276 e. The Balaban J connectivity index is 1.47. The van der Waals surface area contributed by atoms with Crippen molar-refractivity contribution in [3.63, 3.8) is 0 Å². The van der Waals surface area contributed by atoms with E-state index in [1.54, 1.807) is 48.9 Å². The molecule has 2 heterocycles. The van der Waals surface area contributed by atoms with E-state index in [1.165, 1.54) is 0 Å². The molecule has 2 aliphatic rings. The molecule has 3 N–H and O–H groups in total. The minimum atomic E-state index is -1.01. The number of allylic oxidation sites excluding steroid dienone is 3. The smallest absolute Gasteiger partial charge is 0.276 e. The third-order valence-electron chi connectivity index (χ3n) is 6.01. The van der Waals surface area contributed by atoms with E-state index in [1.807, 2.05) is 36.4 Å². The third-order valence-corrected chi connectivity index (χ3v) is 6.01. The van der Waals surface area contributed by atoms with Crippen LogP contribution in [0.2, 0.25) is 0 Å². The second kappa shape index (κ2) is 9.10. The van der Waals surface area contributed by atoms with Crippen LogP contribution in [0.15, 0.2) is 82.6 Å². The van der Waals surface area contributed by atoms with E-state index in [-0.39, 0.29) is 24.8 Å². The number of aliphatic hydroxyl groups excluding tert-OH is 1. The van der Waals surface area contributed by atoms with Crippen molar-refractivity contribution in [3.8, 4) is 0 Å². The van der Waals surface area contributed by atoms with Crippen molar-refractivity contribution in [2.75, 3.05) is 5.32 Å². The lowest BCUT2D eigenvalue weighted by Gasteiger charge is -2.21. The van der Waals surface area contributed by atoms with Crippen molar-refractivity contribution >= 4 is 34.1 Å². The summed E-state index contributed by atoms with van der Waals surface area (Å²) in [6, 6.07) is 12.5. The van der Waals surface area contributed by atoms with Gasteiger partial charge in [0.1, 0.15) is 0 Å². The summed E-state index contributed by atoms with van der Waals surface area (Å²) < 4.78 is 1.62. The SMILES string of the molecule is CC(C)(O)Cn1nc(C(=O)Nc2ccc(C3=C4C=CC=CC4C(=O)N=N3)c(CO)c2)c2ccccc21. The van der Waals surface area contributed by atoms with E-state index >= 15 is 0 Å². The number of carbonyl (C=O) groups is 2. The van der Waals surface area contributed by atoms with E-state index in [0.717, 1.165) is 5.52 Å². The topological polar surface area (TPSA) is 129 Å². The van der Waals surface area contributed by atoms with Crippen LogP contribution in [0, 0.1) is 5.92 Å². The largest absolute Gasteiger partial charge is 0.392 e. The number of aliphatic hydroxyl groups is 2. The van der Waals surface area contributed by atoms with Crippen LogP contribution in [0.25, 0.3) is 16.6 Å². The minimum absolute atomic E-state index is 0.225. The fourth-order valence-corrected chi connectivity index (χ4v) is 4.42. The number of azo groups is 1. The van der Waals surface area contributed by atoms with Gasteiger partial charge in [-0.15, -0.1) is 10.2 Å². The van der Waals surface area contributed by atoms with Gasteiger partial charge in [-0.1, -0.05) is 48.6 Å². The molecule has 1 aromatic heterocycles. The molecule has 0 saturated heterocycles. The van der Waals surface area contributed by atoms with Crippen LogP contribution in [0.1, 0.15) is 35.5 Å². The van der Waals surface area contributed by atoms with Gasteiger partial charge in [0.15, 0.2) is 5.69 Å². The molecule has 1 aliphatic carbocycles. The maximum atomic E-state index is 13.2. The van der Waals surface area contributed by atoms with Gasteiger partial charge in [0.25, 0.3) is 11.8 Å². The normalized spacial score (nSPS) is 17.1. The Kier molecular flexibility index (Phi) is 5.95. The number of hydrogen-bond donors (Lipinski definition) is 3. The van der Waals surface area contributed by atoms with Crippen LogP contribution < -0.4 is 5.32 Å². The Morgan fingerprint density at radius 2 is 1.94 bits per heavy atom. The van der Waals surface area contributed by atoms with E-state index in [4.69, 9.17) is 0 Å². The van der Waals surface area contributed by atoms with Crippen molar-refractivity contribution in [3.05, 3.63) is 89.2 Å². The van der Waals surface area contributed by atoms with Gasteiger partial charge in [-0.05, 0) is 43.2 Å². The second-order valence-corrected chi connectivity index (χ2v) is 9.38. The van der Waals surface area contributed by atoms with Gasteiger partial charge < -0.3 is 15.5 Å². The molecule has 3 aromatic rings. The molecule has 9 heteroatoms. The van der Waals surface area contributed by atoms with Gasteiger partial charge in [-0.2, -0.15) is 5.10 Å². The van der Waals surface area contributed by atoms with E-state index in [9.17, 15) is 19.8 Å². The number of rotatable bonds is 6. The number of aromatic nitrogens is 2. The van der Waals surface area contributed by atoms with Gasteiger partial charge in [0.05, 0.1) is 35.9 Å². The van der Waals surface area contributed by atoms with Gasteiger partial charge in [0, 0.05) is 16.6 Å². The highest BCUT2D eigenvalue weighted by atomic mass is 16.3. The average molecular weight is 484 g/mol. The van der Waals surface area contributed by atoms with Gasteiger partial charge >= 0.3 is 0 Å². The zero-order chi connectivity index (χ0) is 25.4.